The smallest absolute Gasteiger partial charge is 0.101 e. The number of nitrogens with zero attached hydrogens (tertiary/aromatic N) is 4. The first kappa shape index (κ1) is 14.3. The van der Waals surface area contributed by atoms with Crippen molar-refractivity contribution in [1.29, 1.82) is 0 Å². The van der Waals surface area contributed by atoms with Crippen LogP contribution in [0.3, 0.4) is 0 Å². The summed E-state index contributed by atoms with van der Waals surface area (Å²) in [5.74, 6) is 0. The van der Waals surface area contributed by atoms with Crippen LogP contribution in [0.5, 0.6) is 0 Å². The number of hydrogen-bond acceptors (Lipinski definition) is 4. The molecule has 0 unspecified atom stereocenters. The van der Waals surface area contributed by atoms with E-state index in [0.717, 1.165) is 19.6 Å². The van der Waals surface area contributed by atoms with Crippen LogP contribution in [0.25, 0.3) is 0 Å². The molecular weight excluding hydrogens is 266 g/mol. The lowest BCUT2D eigenvalue weighted by molar-refractivity contribution is 0.0956. The molecule has 0 bridgehead atoms. The molecule has 21 heavy (non-hydrogen) atoms. The van der Waals surface area contributed by atoms with Crippen LogP contribution in [0.4, 0.5) is 0 Å². The Morgan fingerprint density at radius 1 is 1.48 bits per heavy atom. The Morgan fingerprint density at radius 3 is 3.00 bits per heavy atom. The van der Waals surface area contributed by atoms with Crippen molar-refractivity contribution < 1.29 is 4.74 Å². The maximum Gasteiger partial charge on any atom is 0.101 e. The summed E-state index contributed by atoms with van der Waals surface area (Å²) in [5.41, 5.74) is 2.37. The zero-order valence-corrected chi connectivity index (χ0v) is 12.9. The summed E-state index contributed by atoms with van der Waals surface area (Å²) in [7, 11) is 1.97. The van der Waals surface area contributed by atoms with Crippen LogP contribution in [0.1, 0.15) is 30.7 Å². The SMILES string of the molecule is Cc1c([C@H]2OCC[C@@H]2N[C@H](C)Cn2cccn2)cnn1C. The van der Waals surface area contributed by atoms with Crippen LogP contribution in [-0.2, 0) is 18.3 Å². The van der Waals surface area contributed by atoms with E-state index in [1.165, 1.54) is 11.3 Å². The lowest BCUT2D eigenvalue weighted by Gasteiger charge is -2.24. The van der Waals surface area contributed by atoms with Crippen LogP contribution in [0, 0.1) is 6.92 Å². The van der Waals surface area contributed by atoms with Gasteiger partial charge in [-0.3, -0.25) is 9.36 Å². The van der Waals surface area contributed by atoms with E-state index < -0.39 is 0 Å². The molecule has 0 aromatic carbocycles. The molecule has 6 heteroatoms. The predicted octanol–water partition coefficient (Wildman–Crippen LogP) is 1.43. The minimum atomic E-state index is 0.0961. The summed E-state index contributed by atoms with van der Waals surface area (Å²) in [4.78, 5) is 0. The number of nitrogens with one attached hydrogen (secondary N) is 1. The van der Waals surface area contributed by atoms with Gasteiger partial charge in [-0.1, -0.05) is 0 Å². The van der Waals surface area contributed by atoms with Gasteiger partial charge >= 0.3 is 0 Å². The van der Waals surface area contributed by atoms with Gasteiger partial charge in [0.05, 0.1) is 12.7 Å². The molecule has 3 rings (SSSR count). The van der Waals surface area contributed by atoms with Gasteiger partial charge in [-0.25, -0.2) is 0 Å². The molecule has 3 heterocycles. The van der Waals surface area contributed by atoms with Crippen LogP contribution in [-0.4, -0.2) is 38.3 Å². The summed E-state index contributed by atoms with van der Waals surface area (Å²) >= 11 is 0. The Bertz CT molecular complexity index is 577. The molecule has 0 radical (unpaired) electrons. The molecule has 3 atom stereocenters. The zero-order chi connectivity index (χ0) is 14.8. The maximum atomic E-state index is 5.94. The molecule has 0 saturated carbocycles. The van der Waals surface area contributed by atoms with Crippen molar-refractivity contribution in [3.05, 3.63) is 35.9 Å². The van der Waals surface area contributed by atoms with Gasteiger partial charge in [0, 0.05) is 49.4 Å². The Kier molecular flexibility index (Phi) is 4.07. The van der Waals surface area contributed by atoms with Gasteiger partial charge in [0.25, 0.3) is 0 Å². The van der Waals surface area contributed by atoms with Crippen molar-refractivity contribution >= 4 is 0 Å². The van der Waals surface area contributed by atoms with Crippen molar-refractivity contribution in [3.63, 3.8) is 0 Å². The highest BCUT2D eigenvalue weighted by atomic mass is 16.5. The summed E-state index contributed by atoms with van der Waals surface area (Å²) in [5, 5.41) is 12.3. The second-order valence-electron chi connectivity index (χ2n) is 5.79. The van der Waals surface area contributed by atoms with Crippen molar-refractivity contribution in [2.24, 2.45) is 7.05 Å². The molecule has 0 amide bonds. The molecule has 114 valence electrons. The van der Waals surface area contributed by atoms with Gasteiger partial charge in [-0.15, -0.1) is 0 Å². The highest BCUT2D eigenvalue weighted by Crippen LogP contribution is 2.31. The third-order valence-corrected chi connectivity index (χ3v) is 4.19. The summed E-state index contributed by atoms with van der Waals surface area (Å²) in [6, 6.07) is 2.63. The molecule has 2 aromatic heterocycles. The largest absolute Gasteiger partial charge is 0.372 e. The minimum Gasteiger partial charge on any atom is -0.372 e. The Labute approximate surface area is 125 Å². The summed E-state index contributed by atoms with van der Waals surface area (Å²) in [6.45, 7) is 5.94. The monoisotopic (exact) mass is 289 g/mol. The first-order valence-corrected chi connectivity index (χ1v) is 7.48. The standard InChI is InChI=1S/C15H23N5O/c1-11(10-20-7-4-6-16-20)18-14-5-8-21-15(14)13-9-17-19(3)12(13)2/h4,6-7,9,11,14-15,18H,5,8,10H2,1-3H3/t11-,14+,15-/m1/s1. The molecule has 1 N–H and O–H groups in total. The topological polar surface area (TPSA) is 56.9 Å². The van der Waals surface area contributed by atoms with Gasteiger partial charge in [0.2, 0.25) is 0 Å². The fourth-order valence-corrected chi connectivity index (χ4v) is 2.97. The molecule has 1 saturated heterocycles. The van der Waals surface area contributed by atoms with Crippen LogP contribution in [0.2, 0.25) is 0 Å². The Hall–Kier alpha value is -1.66. The number of ether oxygens (including phenoxy) is 1. The maximum absolute atomic E-state index is 5.94. The lowest BCUT2D eigenvalue weighted by atomic mass is 10.0. The number of aryl methyl sites for hydroxylation is 1. The van der Waals surface area contributed by atoms with E-state index in [4.69, 9.17) is 4.74 Å². The van der Waals surface area contributed by atoms with Crippen molar-refractivity contribution in [2.75, 3.05) is 6.61 Å². The minimum absolute atomic E-state index is 0.0961. The highest BCUT2D eigenvalue weighted by molar-refractivity contribution is 5.22. The van der Waals surface area contributed by atoms with Gasteiger partial charge in [0.1, 0.15) is 6.10 Å². The average Bonchev–Trinajstić information content (AvgIpc) is 3.15. The van der Waals surface area contributed by atoms with Crippen molar-refractivity contribution in [3.8, 4) is 0 Å². The van der Waals surface area contributed by atoms with E-state index in [2.05, 4.69) is 29.4 Å². The highest BCUT2D eigenvalue weighted by Gasteiger charge is 2.32. The van der Waals surface area contributed by atoms with E-state index in [1.54, 1.807) is 0 Å². The Balaban J connectivity index is 1.65. The van der Waals surface area contributed by atoms with E-state index in [-0.39, 0.29) is 6.10 Å². The zero-order valence-electron chi connectivity index (χ0n) is 12.9. The molecule has 1 fully saturated rings. The first-order valence-electron chi connectivity index (χ1n) is 7.48. The normalized spacial score (nSPS) is 23.6. The third kappa shape index (κ3) is 3.01. The van der Waals surface area contributed by atoms with E-state index >= 15 is 0 Å². The van der Waals surface area contributed by atoms with Crippen LogP contribution in [0.15, 0.2) is 24.7 Å². The quantitative estimate of drug-likeness (QED) is 0.905. The van der Waals surface area contributed by atoms with Crippen LogP contribution >= 0.6 is 0 Å². The fraction of sp³-hybridized carbons (Fsp3) is 0.600. The van der Waals surface area contributed by atoms with Gasteiger partial charge < -0.3 is 10.1 Å². The molecule has 1 aliphatic heterocycles. The molecule has 6 nitrogen and oxygen atoms in total. The number of rotatable bonds is 5. The number of hydrogen-bond donors (Lipinski definition) is 1. The molecule has 2 aromatic rings. The van der Waals surface area contributed by atoms with E-state index in [0.29, 0.717) is 12.1 Å². The van der Waals surface area contributed by atoms with Crippen LogP contribution < -0.4 is 5.32 Å². The summed E-state index contributed by atoms with van der Waals surface area (Å²) < 4.78 is 9.80. The van der Waals surface area contributed by atoms with Gasteiger partial charge in [-0.2, -0.15) is 10.2 Å². The molecule has 1 aliphatic rings. The fourth-order valence-electron chi connectivity index (χ4n) is 2.97. The van der Waals surface area contributed by atoms with E-state index in [9.17, 15) is 0 Å². The first-order chi connectivity index (χ1) is 10.1. The average molecular weight is 289 g/mol. The molecule has 0 spiro atoms. The second-order valence-corrected chi connectivity index (χ2v) is 5.79. The predicted molar refractivity (Wildman–Crippen MR) is 79.9 cm³/mol. The molecule has 0 aliphatic carbocycles. The van der Waals surface area contributed by atoms with Crippen molar-refractivity contribution in [1.82, 2.24) is 24.9 Å². The summed E-state index contributed by atoms with van der Waals surface area (Å²) in [6.07, 6.45) is 6.86. The van der Waals surface area contributed by atoms with Crippen molar-refractivity contribution in [2.45, 2.75) is 45.0 Å². The van der Waals surface area contributed by atoms with E-state index in [1.807, 2.05) is 41.1 Å². The number of aromatic nitrogens is 4. The Morgan fingerprint density at radius 2 is 2.33 bits per heavy atom. The third-order valence-electron chi connectivity index (χ3n) is 4.19. The lowest BCUT2D eigenvalue weighted by Crippen LogP contribution is -2.40. The second kappa shape index (κ2) is 5.99. The molecular formula is C15H23N5O. The van der Waals surface area contributed by atoms with Gasteiger partial charge in [0.15, 0.2) is 0 Å². The van der Waals surface area contributed by atoms with Gasteiger partial charge in [-0.05, 0) is 26.3 Å².